The molecule has 20 heavy (non-hydrogen) atoms. The van der Waals surface area contributed by atoms with E-state index in [1.807, 2.05) is 0 Å². The lowest BCUT2D eigenvalue weighted by atomic mass is 9.66. The Kier molecular flexibility index (Phi) is 5.81. The van der Waals surface area contributed by atoms with E-state index in [-0.39, 0.29) is 5.92 Å². The highest BCUT2D eigenvalue weighted by Gasteiger charge is 2.39. The predicted molar refractivity (Wildman–Crippen MR) is 87.8 cm³/mol. The molecule has 0 aromatic rings. The second-order valence-corrected chi connectivity index (χ2v) is 8.38. The maximum Gasteiger partial charge on any atom is 0.0672 e. The Morgan fingerprint density at radius 1 is 1.25 bits per heavy atom. The van der Waals surface area contributed by atoms with Gasteiger partial charge in [0, 0.05) is 18.3 Å². The Morgan fingerprint density at radius 2 is 2.05 bits per heavy atom. The van der Waals surface area contributed by atoms with Gasteiger partial charge in [0.15, 0.2) is 0 Å². The molecule has 114 valence electrons. The van der Waals surface area contributed by atoms with Crippen molar-refractivity contribution in [3.63, 3.8) is 0 Å². The van der Waals surface area contributed by atoms with Crippen molar-refractivity contribution >= 4 is 11.8 Å². The highest BCUT2D eigenvalue weighted by atomic mass is 32.2. The first-order chi connectivity index (χ1) is 9.58. The molecular weight excluding hydrogens is 264 g/mol. The monoisotopic (exact) mass is 294 g/mol. The quantitative estimate of drug-likeness (QED) is 0.781. The van der Waals surface area contributed by atoms with E-state index in [1.165, 1.54) is 50.3 Å². The first-order valence-corrected chi connectivity index (χ1v) is 9.45. The molecule has 1 saturated carbocycles. The molecule has 0 aromatic heterocycles. The summed E-state index contributed by atoms with van der Waals surface area (Å²) in [6.07, 6.45) is 6.14. The SMILES string of the molecule is CCC(C)(C)C1CCC(C#N)C(N2CCCSCC2)C1. The zero-order valence-corrected chi connectivity index (χ0v) is 14.2. The summed E-state index contributed by atoms with van der Waals surface area (Å²) in [6, 6.07) is 3.13. The van der Waals surface area contributed by atoms with Crippen molar-refractivity contribution < 1.29 is 0 Å². The second-order valence-electron chi connectivity index (χ2n) is 7.16. The van der Waals surface area contributed by atoms with Gasteiger partial charge in [0.2, 0.25) is 0 Å². The fourth-order valence-corrected chi connectivity index (χ4v) is 4.70. The van der Waals surface area contributed by atoms with Gasteiger partial charge in [-0.25, -0.2) is 0 Å². The second kappa shape index (κ2) is 7.18. The maximum absolute atomic E-state index is 9.53. The lowest BCUT2D eigenvalue weighted by Crippen LogP contribution is -2.47. The van der Waals surface area contributed by atoms with E-state index >= 15 is 0 Å². The summed E-state index contributed by atoms with van der Waals surface area (Å²) in [6.45, 7) is 9.54. The average Bonchev–Trinajstić information content (AvgIpc) is 2.75. The van der Waals surface area contributed by atoms with Gasteiger partial charge >= 0.3 is 0 Å². The van der Waals surface area contributed by atoms with Crippen LogP contribution in [0, 0.1) is 28.6 Å². The molecule has 0 N–H and O–H groups in total. The van der Waals surface area contributed by atoms with Gasteiger partial charge in [0.05, 0.1) is 12.0 Å². The number of thioether (sulfide) groups is 1. The summed E-state index contributed by atoms with van der Waals surface area (Å²) in [7, 11) is 0. The zero-order valence-electron chi connectivity index (χ0n) is 13.4. The van der Waals surface area contributed by atoms with Crippen molar-refractivity contribution in [2.45, 2.75) is 58.9 Å². The Morgan fingerprint density at radius 3 is 2.75 bits per heavy atom. The average molecular weight is 295 g/mol. The molecule has 2 rings (SSSR count). The zero-order chi connectivity index (χ0) is 14.6. The molecular formula is C17H30N2S. The van der Waals surface area contributed by atoms with Crippen LogP contribution < -0.4 is 0 Å². The lowest BCUT2D eigenvalue weighted by molar-refractivity contribution is 0.0555. The summed E-state index contributed by atoms with van der Waals surface area (Å²) < 4.78 is 0. The van der Waals surface area contributed by atoms with Crippen LogP contribution in [0.25, 0.3) is 0 Å². The Hall–Kier alpha value is -0.200. The molecule has 3 unspecified atom stereocenters. The highest BCUT2D eigenvalue weighted by molar-refractivity contribution is 7.99. The number of hydrogen-bond acceptors (Lipinski definition) is 3. The molecule has 0 spiro atoms. The third kappa shape index (κ3) is 3.71. The van der Waals surface area contributed by atoms with Gasteiger partial charge < -0.3 is 0 Å². The molecule has 1 heterocycles. The largest absolute Gasteiger partial charge is 0.298 e. The molecule has 2 fully saturated rings. The minimum atomic E-state index is 0.266. The number of rotatable bonds is 3. The van der Waals surface area contributed by atoms with E-state index < -0.39 is 0 Å². The van der Waals surface area contributed by atoms with Crippen molar-refractivity contribution in [2.75, 3.05) is 24.6 Å². The standard InChI is InChI=1S/C17H30N2S/c1-4-17(2,3)15-7-6-14(13-18)16(12-15)19-8-5-10-20-11-9-19/h14-16H,4-12H2,1-3H3. The smallest absolute Gasteiger partial charge is 0.0672 e. The number of nitriles is 1. The molecule has 0 amide bonds. The van der Waals surface area contributed by atoms with Crippen molar-refractivity contribution in [3.05, 3.63) is 0 Å². The molecule has 1 aliphatic carbocycles. The predicted octanol–water partition coefficient (Wildman–Crippen LogP) is 4.17. The van der Waals surface area contributed by atoms with Crippen molar-refractivity contribution in [1.29, 1.82) is 5.26 Å². The van der Waals surface area contributed by atoms with Gasteiger partial charge in [0.1, 0.15) is 0 Å². The molecule has 0 aromatic carbocycles. The molecule has 1 aliphatic heterocycles. The third-order valence-electron chi connectivity index (χ3n) is 5.72. The fraction of sp³-hybridized carbons (Fsp3) is 0.941. The van der Waals surface area contributed by atoms with E-state index in [0.717, 1.165) is 12.3 Å². The van der Waals surface area contributed by atoms with Crippen LogP contribution in [0.5, 0.6) is 0 Å². The van der Waals surface area contributed by atoms with Crippen LogP contribution in [0.15, 0.2) is 0 Å². The molecule has 3 heteroatoms. The fourth-order valence-electron chi connectivity index (χ4n) is 3.80. The van der Waals surface area contributed by atoms with Crippen LogP contribution in [-0.2, 0) is 0 Å². The third-order valence-corrected chi connectivity index (χ3v) is 6.77. The van der Waals surface area contributed by atoms with Crippen LogP contribution >= 0.6 is 11.8 Å². The summed E-state index contributed by atoms with van der Waals surface area (Å²) in [5.41, 5.74) is 0.430. The first-order valence-electron chi connectivity index (χ1n) is 8.30. The number of nitrogens with zero attached hydrogens (tertiary/aromatic N) is 2. The first kappa shape index (κ1) is 16.2. The summed E-state index contributed by atoms with van der Waals surface area (Å²) in [5.74, 6) is 3.60. The van der Waals surface area contributed by atoms with E-state index in [0.29, 0.717) is 11.5 Å². The van der Waals surface area contributed by atoms with Gasteiger partial charge in [-0.3, -0.25) is 4.90 Å². The maximum atomic E-state index is 9.53. The van der Waals surface area contributed by atoms with E-state index in [2.05, 4.69) is 43.5 Å². The topological polar surface area (TPSA) is 27.0 Å². The molecule has 0 radical (unpaired) electrons. The van der Waals surface area contributed by atoms with E-state index in [1.54, 1.807) is 0 Å². The highest BCUT2D eigenvalue weighted by Crippen LogP contribution is 2.43. The summed E-state index contributed by atoms with van der Waals surface area (Å²) in [4.78, 5) is 2.64. The molecule has 2 nitrogen and oxygen atoms in total. The number of hydrogen-bond donors (Lipinski definition) is 0. The van der Waals surface area contributed by atoms with Gasteiger partial charge in [0.25, 0.3) is 0 Å². The Balaban J connectivity index is 2.08. The minimum absolute atomic E-state index is 0.266. The van der Waals surface area contributed by atoms with Crippen LogP contribution in [-0.4, -0.2) is 35.5 Å². The van der Waals surface area contributed by atoms with E-state index in [4.69, 9.17) is 0 Å². The molecule has 1 saturated heterocycles. The van der Waals surface area contributed by atoms with Crippen molar-refractivity contribution in [3.8, 4) is 6.07 Å². The lowest BCUT2D eigenvalue weighted by Gasteiger charge is -2.45. The molecule has 2 aliphatic rings. The van der Waals surface area contributed by atoms with Crippen LogP contribution in [0.1, 0.15) is 52.9 Å². The van der Waals surface area contributed by atoms with Gasteiger partial charge in [-0.15, -0.1) is 0 Å². The van der Waals surface area contributed by atoms with Crippen molar-refractivity contribution in [2.24, 2.45) is 17.3 Å². The van der Waals surface area contributed by atoms with Gasteiger partial charge in [-0.2, -0.15) is 17.0 Å². The van der Waals surface area contributed by atoms with Gasteiger partial charge in [-0.05, 0) is 49.3 Å². The van der Waals surface area contributed by atoms with Gasteiger partial charge in [-0.1, -0.05) is 27.2 Å². The summed E-state index contributed by atoms with van der Waals surface area (Å²) >= 11 is 2.08. The summed E-state index contributed by atoms with van der Waals surface area (Å²) in [5, 5.41) is 9.53. The van der Waals surface area contributed by atoms with Crippen LogP contribution in [0.3, 0.4) is 0 Å². The van der Waals surface area contributed by atoms with Crippen LogP contribution in [0.4, 0.5) is 0 Å². The Labute approximate surface area is 129 Å². The van der Waals surface area contributed by atoms with Crippen LogP contribution in [0.2, 0.25) is 0 Å². The van der Waals surface area contributed by atoms with E-state index in [9.17, 15) is 5.26 Å². The van der Waals surface area contributed by atoms with Crippen molar-refractivity contribution in [1.82, 2.24) is 4.90 Å². The molecule has 0 bridgehead atoms. The normalized spacial score (nSPS) is 33.4. The Bertz CT molecular complexity index is 339. The molecule has 3 atom stereocenters. The minimum Gasteiger partial charge on any atom is -0.298 e.